The van der Waals surface area contributed by atoms with Crippen molar-refractivity contribution in [2.24, 2.45) is 11.3 Å². The lowest BCUT2D eigenvalue weighted by Crippen LogP contribution is -2.42. The van der Waals surface area contributed by atoms with Crippen LogP contribution >= 0.6 is 0 Å². The number of aliphatic hydroxyl groups is 1. The first-order chi connectivity index (χ1) is 8.60. The van der Waals surface area contributed by atoms with Gasteiger partial charge in [-0.3, -0.25) is 4.79 Å². The molecular weight excluding hydrogens is 226 g/mol. The smallest absolute Gasteiger partial charge is 0.225 e. The first-order valence-corrected chi connectivity index (χ1v) is 7.56. The SMILES string of the molecule is CC1(C(=O)NCC2CCC(O)CC2)CCCCC1. The van der Waals surface area contributed by atoms with Gasteiger partial charge in [0.15, 0.2) is 0 Å². The minimum Gasteiger partial charge on any atom is -0.393 e. The summed E-state index contributed by atoms with van der Waals surface area (Å²) in [4.78, 5) is 12.3. The molecule has 0 bridgehead atoms. The second-order valence-corrected chi connectivity index (χ2v) is 6.51. The second-order valence-electron chi connectivity index (χ2n) is 6.51. The van der Waals surface area contributed by atoms with Crippen LogP contribution < -0.4 is 5.32 Å². The molecule has 0 spiro atoms. The van der Waals surface area contributed by atoms with E-state index in [-0.39, 0.29) is 17.4 Å². The third-order valence-corrected chi connectivity index (χ3v) is 4.87. The van der Waals surface area contributed by atoms with Gasteiger partial charge in [-0.1, -0.05) is 26.2 Å². The van der Waals surface area contributed by atoms with Gasteiger partial charge in [-0.2, -0.15) is 0 Å². The summed E-state index contributed by atoms with van der Waals surface area (Å²) >= 11 is 0. The van der Waals surface area contributed by atoms with Gasteiger partial charge in [-0.15, -0.1) is 0 Å². The van der Waals surface area contributed by atoms with Crippen LogP contribution in [0.4, 0.5) is 0 Å². The van der Waals surface area contributed by atoms with Crippen molar-refractivity contribution in [1.82, 2.24) is 5.32 Å². The van der Waals surface area contributed by atoms with Gasteiger partial charge in [0.05, 0.1) is 6.10 Å². The highest BCUT2D eigenvalue weighted by Crippen LogP contribution is 2.36. The van der Waals surface area contributed by atoms with Crippen molar-refractivity contribution in [1.29, 1.82) is 0 Å². The van der Waals surface area contributed by atoms with Gasteiger partial charge in [-0.05, 0) is 44.4 Å². The van der Waals surface area contributed by atoms with Crippen molar-refractivity contribution < 1.29 is 9.90 Å². The number of amides is 1. The maximum atomic E-state index is 12.3. The van der Waals surface area contributed by atoms with Crippen LogP contribution in [0.15, 0.2) is 0 Å². The van der Waals surface area contributed by atoms with E-state index < -0.39 is 0 Å². The van der Waals surface area contributed by atoms with E-state index in [1.165, 1.54) is 19.3 Å². The van der Waals surface area contributed by atoms with Gasteiger partial charge >= 0.3 is 0 Å². The molecule has 0 aromatic rings. The highest BCUT2D eigenvalue weighted by Gasteiger charge is 2.34. The lowest BCUT2D eigenvalue weighted by Gasteiger charge is -2.33. The monoisotopic (exact) mass is 253 g/mol. The van der Waals surface area contributed by atoms with Crippen LogP contribution in [-0.4, -0.2) is 23.7 Å². The molecule has 104 valence electrons. The molecule has 1 amide bonds. The first-order valence-electron chi connectivity index (χ1n) is 7.56. The minimum atomic E-state index is -0.119. The van der Waals surface area contributed by atoms with E-state index in [1.807, 2.05) is 0 Å². The average Bonchev–Trinajstić information content (AvgIpc) is 2.38. The number of nitrogens with one attached hydrogen (secondary N) is 1. The van der Waals surface area contributed by atoms with E-state index in [4.69, 9.17) is 0 Å². The molecule has 0 radical (unpaired) electrons. The maximum Gasteiger partial charge on any atom is 0.225 e. The van der Waals surface area contributed by atoms with Crippen LogP contribution in [0.25, 0.3) is 0 Å². The number of carbonyl (C=O) groups is 1. The van der Waals surface area contributed by atoms with Crippen LogP contribution in [0.3, 0.4) is 0 Å². The molecule has 2 saturated carbocycles. The number of rotatable bonds is 3. The quantitative estimate of drug-likeness (QED) is 0.812. The summed E-state index contributed by atoms with van der Waals surface area (Å²) in [5.41, 5.74) is -0.119. The molecule has 3 nitrogen and oxygen atoms in total. The van der Waals surface area contributed by atoms with Crippen LogP contribution in [0.5, 0.6) is 0 Å². The normalized spacial score (nSPS) is 31.9. The molecule has 3 heteroatoms. The molecule has 0 aromatic heterocycles. The lowest BCUT2D eigenvalue weighted by atomic mass is 9.75. The van der Waals surface area contributed by atoms with Crippen molar-refractivity contribution >= 4 is 5.91 Å². The average molecular weight is 253 g/mol. The van der Waals surface area contributed by atoms with Crippen molar-refractivity contribution in [2.45, 2.75) is 70.8 Å². The van der Waals surface area contributed by atoms with E-state index in [0.29, 0.717) is 5.92 Å². The zero-order chi connectivity index (χ0) is 13.0. The Morgan fingerprint density at radius 3 is 2.39 bits per heavy atom. The second kappa shape index (κ2) is 6.05. The Hall–Kier alpha value is -0.570. The fourth-order valence-corrected chi connectivity index (χ4v) is 3.36. The minimum absolute atomic E-state index is 0.104. The standard InChI is InChI=1S/C15H27NO2/c1-15(9-3-2-4-10-15)14(18)16-11-12-5-7-13(17)8-6-12/h12-13,17H,2-11H2,1H3,(H,16,18). The zero-order valence-electron chi connectivity index (χ0n) is 11.6. The van der Waals surface area contributed by atoms with Crippen molar-refractivity contribution in [2.75, 3.05) is 6.54 Å². The van der Waals surface area contributed by atoms with E-state index in [2.05, 4.69) is 12.2 Å². The van der Waals surface area contributed by atoms with Crippen molar-refractivity contribution in [3.8, 4) is 0 Å². The van der Waals surface area contributed by atoms with Gasteiger partial charge in [0, 0.05) is 12.0 Å². The van der Waals surface area contributed by atoms with E-state index in [9.17, 15) is 9.90 Å². The summed E-state index contributed by atoms with van der Waals surface area (Å²) in [7, 11) is 0. The van der Waals surface area contributed by atoms with Crippen molar-refractivity contribution in [3.05, 3.63) is 0 Å². The maximum absolute atomic E-state index is 12.3. The summed E-state index contributed by atoms with van der Waals surface area (Å²) in [6.07, 6.45) is 9.56. The molecule has 0 aliphatic heterocycles. The molecule has 0 aromatic carbocycles. The highest BCUT2D eigenvalue weighted by molar-refractivity contribution is 5.82. The van der Waals surface area contributed by atoms with Gasteiger partial charge in [0.25, 0.3) is 0 Å². The third-order valence-electron chi connectivity index (χ3n) is 4.87. The molecule has 2 fully saturated rings. The topological polar surface area (TPSA) is 49.3 Å². The fourth-order valence-electron chi connectivity index (χ4n) is 3.36. The third kappa shape index (κ3) is 3.47. The molecule has 2 aliphatic rings. The summed E-state index contributed by atoms with van der Waals surface area (Å²) in [6.45, 7) is 2.92. The Balaban J connectivity index is 1.74. The van der Waals surface area contributed by atoms with Crippen LogP contribution in [0, 0.1) is 11.3 Å². The number of hydrogen-bond acceptors (Lipinski definition) is 2. The molecular formula is C15H27NO2. The molecule has 0 saturated heterocycles. The molecule has 0 unspecified atom stereocenters. The van der Waals surface area contributed by atoms with Gasteiger partial charge in [0.1, 0.15) is 0 Å². The van der Waals surface area contributed by atoms with Crippen LogP contribution in [-0.2, 0) is 4.79 Å². The first kappa shape index (κ1) is 13.9. The van der Waals surface area contributed by atoms with E-state index in [0.717, 1.165) is 45.1 Å². The Labute approximate surface area is 110 Å². The predicted molar refractivity (Wildman–Crippen MR) is 72.2 cm³/mol. The molecule has 2 N–H and O–H groups in total. The van der Waals surface area contributed by atoms with E-state index >= 15 is 0 Å². The Morgan fingerprint density at radius 1 is 1.17 bits per heavy atom. The molecule has 0 atom stereocenters. The number of carbonyl (C=O) groups excluding carboxylic acids is 1. The summed E-state index contributed by atoms with van der Waals surface area (Å²) < 4.78 is 0. The van der Waals surface area contributed by atoms with Gasteiger partial charge < -0.3 is 10.4 Å². The largest absolute Gasteiger partial charge is 0.393 e. The lowest BCUT2D eigenvalue weighted by molar-refractivity contribution is -0.132. The number of aliphatic hydroxyl groups excluding tert-OH is 1. The highest BCUT2D eigenvalue weighted by atomic mass is 16.3. The van der Waals surface area contributed by atoms with Gasteiger partial charge in [-0.25, -0.2) is 0 Å². The number of hydrogen-bond donors (Lipinski definition) is 2. The van der Waals surface area contributed by atoms with Gasteiger partial charge in [0.2, 0.25) is 5.91 Å². The van der Waals surface area contributed by atoms with Crippen LogP contribution in [0.2, 0.25) is 0 Å². The molecule has 18 heavy (non-hydrogen) atoms. The molecule has 0 heterocycles. The summed E-state index contributed by atoms with van der Waals surface area (Å²) in [6, 6.07) is 0. The zero-order valence-corrected chi connectivity index (χ0v) is 11.6. The van der Waals surface area contributed by atoms with Crippen molar-refractivity contribution in [3.63, 3.8) is 0 Å². The summed E-state index contributed by atoms with van der Waals surface area (Å²) in [5.74, 6) is 0.831. The Bertz CT molecular complexity index is 276. The summed E-state index contributed by atoms with van der Waals surface area (Å²) in [5, 5.41) is 12.6. The Kier molecular flexibility index (Phi) is 4.66. The Morgan fingerprint density at radius 2 is 1.78 bits per heavy atom. The van der Waals surface area contributed by atoms with E-state index in [1.54, 1.807) is 0 Å². The fraction of sp³-hybridized carbons (Fsp3) is 0.933. The molecule has 2 aliphatic carbocycles. The predicted octanol–water partition coefficient (Wildman–Crippen LogP) is 2.62. The van der Waals surface area contributed by atoms with Crippen LogP contribution in [0.1, 0.15) is 64.7 Å². The molecule has 2 rings (SSSR count).